The summed E-state index contributed by atoms with van der Waals surface area (Å²) in [6.07, 6.45) is 13.3. The third-order valence-corrected chi connectivity index (χ3v) is 8.14. The Morgan fingerprint density at radius 2 is 1.79 bits per heavy atom. The summed E-state index contributed by atoms with van der Waals surface area (Å²) in [4.78, 5) is 23.7. The smallest absolute Gasteiger partial charge is 0.330 e. The van der Waals surface area contributed by atoms with Crippen molar-refractivity contribution in [1.29, 1.82) is 0 Å². The van der Waals surface area contributed by atoms with Crippen LogP contribution >= 0.6 is 0 Å². The van der Waals surface area contributed by atoms with E-state index in [1.165, 1.54) is 6.08 Å². The molecule has 4 heterocycles. The average Bonchev–Trinajstić information content (AvgIpc) is 3.68. The highest BCUT2D eigenvalue weighted by Crippen LogP contribution is 2.35. The van der Waals surface area contributed by atoms with Crippen molar-refractivity contribution < 1.29 is 43.7 Å². The summed E-state index contributed by atoms with van der Waals surface area (Å²) in [7, 11) is 0. The normalized spacial score (nSPS) is 39.6. The van der Waals surface area contributed by atoms with Crippen molar-refractivity contribution in [1.82, 2.24) is 0 Å². The van der Waals surface area contributed by atoms with Crippen molar-refractivity contribution in [2.24, 2.45) is 11.8 Å². The summed E-state index contributed by atoms with van der Waals surface area (Å²) >= 11 is 0. The monoisotopic (exact) mass is 604 g/mol. The Bertz CT molecular complexity index is 1030. The molecule has 1 fully saturated rings. The van der Waals surface area contributed by atoms with Crippen molar-refractivity contribution in [2.45, 2.75) is 147 Å². The van der Waals surface area contributed by atoms with Crippen molar-refractivity contribution in [2.75, 3.05) is 0 Å². The summed E-state index contributed by atoms with van der Waals surface area (Å²) in [5.74, 6) is 0.241. The van der Waals surface area contributed by atoms with E-state index in [1.807, 2.05) is 39.8 Å². The second-order valence-electron chi connectivity index (χ2n) is 13.9. The van der Waals surface area contributed by atoms with Gasteiger partial charge in [-0.25, -0.2) is 9.68 Å². The molecule has 2 bridgehead atoms. The van der Waals surface area contributed by atoms with E-state index in [9.17, 15) is 15.0 Å². The van der Waals surface area contributed by atoms with Crippen molar-refractivity contribution in [3.63, 3.8) is 0 Å². The maximum absolute atomic E-state index is 12.8. The number of cyclic esters (lactones) is 1. The predicted molar refractivity (Wildman–Crippen MR) is 162 cm³/mol. The van der Waals surface area contributed by atoms with Gasteiger partial charge in [-0.3, -0.25) is 0 Å². The summed E-state index contributed by atoms with van der Waals surface area (Å²) in [5.41, 5.74) is 0.584. The van der Waals surface area contributed by atoms with Gasteiger partial charge in [0, 0.05) is 12.5 Å². The third-order valence-electron chi connectivity index (χ3n) is 8.14. The molecule has 4 rings (SSSR count). The largest absolute Gasteiger partial charge is 0.456 e. The number of aliphatic hydroxyl groups is 2. The first-order chi connectivity index (χ1) is 20.3. The maximum atomic E-state index is 12.8. The van der Waals surface area contributed by atoms with Gasteiger partial charge in [-0.2, -0.15) is 4.89 Å². The molecule has 0 radical (unpaired) electrons. The first-order valence-corrected chi connectivity index (χ1v) is 15.9. The van der Waals surface area contributed by atoms with Crippen LogP contribution in [0.2, 0.25) is 0 Å². The number of carbonyl (C=O) groups is 1. The van der Waals surface area contributed by atoms with Gasteiger partial charge in [0.2, 0.25) is 6.29 Å². The highest BCUT2D eigenvalue weighted by molar-refractivity contribution is 5.82. The zero-order valence-electron chi connectivity index (χ0n) is 26.6. The number of ether oxygens (including phenoxy) is 4. The molecule has 0 saturated carbocycles. The fourth-order valence-corrected chi connectivity index (χ4v) is 6.14. The summed E-state index contributed by atoms with van der Waals surface area (Å²) in [6, 6.07) is 0. The lowest BCUT2D eigenvalue weighted by atomic mass is 9.87. The van der Waals surface area contributed by atoms with Gasteiger partial charge >= 0.3 is 5.97 Å². The van der Waals surface area contributed by atoms with E-state index in [1.54, 1.807) is 18.2 Å². The molecule has 0 spiro atoms. The van der Waals surface area contributed by atoms with Crippen LogP contribution < -0.4 is 0 Å². The molecular weight excluding hydrogens is 552 g/mol. The zero-order chi connectivity index (χ0) is 31.1. The van der Waals surface area contributed by atoms with Gasteiger partial charge in [0.05, 0.1) is 36.1 Å². The van der Waals surface area contributed by atoms with Crippen molar-refractivity contribution >= 4 is 5.97 Å². The van der Waals surface area contributed by atoms with Gasteiger partial charge in [0.25, 0.3) is 0 Å². The van der Waals surface area contributed by atoms with E-state index in [0.717, 1.165) is 24.8 Å². The van der Waals surface area contributed by atoms with Crippen LogP contribution in [0.1, 0.15) is 86.5 Å². The standard InChI is InChI=1S/C34H52O9/c1-21-15-22(2)18-28(36)33-30(41-33)20-29(40-31(37)12-8-10-24-9-7-11-25(16-21)38-24)27(35)14-13-26-17-23(3)19-32(39-26)42-43-34(4,5)6/h7-9,12-14,19,21-22,24-30,32-33,35-36H,10-11,15-18,20H2,1-6H3/b12-8-,14-13+/t21-,22?,24-,25?,26+,27-,28-,29-,30-,32?,33-/m0/s1. The molecule has 11 atom stereocenters. The average molecular weight is 605 g/mol. The molecule has 0 aromatic rings. The van der Waals surface area contributed by atoms with Gasteiger partial charge < -0.3 is 29.2 Å². The molecule has 0 aromatic carbocycles. The molecule has 3 unspecified atom stereocenters. The number of rotatable bonds is 5. The molecule has 0 aromatic heterocycles. The quantitative estimate of drug-likeness (QED) is 0.143. The number of hydrogen-bond donors (Lipinski definition) is 2. The molecule has 242 valence electrons. The predicted octanol–water partition coefficient (Wildman–Crippen LogP) is 5.26. The van der Waals surface area contributed by atoms with Crippen LogP contribution in [-0.4, -0.2) is 76.9 Å². The lowest BCUT2D eigenvalue weighted by Gasteiger charge is -2.29. The van der Waals surface area contributed by atoms with Crippen LogP contribution in [0.4, 0.5) is 0 Å². The van der Waals surface area contributed by atoms with Crippen LogP contribution in [0, 0.1) is 11.8 Å². The molecule has 43 heavy (non-hydrogen) atoms. The highest BCUT2D eigenvalue weighted by atomic mass is 17.2. The first kappa shape index (κ1) is 34.0. The van der Waals surface area contributed by atoms with Gasteiger partial charge in [0.15, 0.2) is 0 Å². The van der Waals surface area contributed by atoms with E-state index in [4.69, 9.17) is 28.7 Å². The fourth-order valence-electron chi connectivity index (χ4n) is 6.14. The van der Waals surface area contributed by atoms with Crippen LogP contribution in [0.25, 0.3) is 0 Å². The lowest BCUT2D eigenvalue weighted by molar-refractivity contribution is -0.408. The van der Waals surface area contributed by atoms with E-state index < -0.39 is 36.2 Å². The van der Waals surface area contributed by atoms with Crippen LogP contribution in [-0.2, 0) is 33.5 Å². The van der Waals surface area contributed by atoms with Crippen LogP contribution in [0.5, 0.6) is 0 Å². The third kappa shape index (κ3) is 11.5. The minimum atomic E-state index is -1.10. The molecule has 2 N–H and O–H groups in total. The molecule has 9 nitrogen and oxygen atoms in total. The second kappa shape index (κ2) is 15.4. The highest BCUT2D eigenvalue weighted by Gasteiger charge is 2.47. The minimum absolute atomic E-state index is 0.0901. The minimum Gasteiger partial charge on any atom is -0.456 e. The summed E-state index contributed by atoms with van der Waals surface area (Å²) in [5, 5.41) is 22.1. The van der Waals surface area contributed by atoms with Gasteiger partial charge in [-0.15, -0.1) is 0 Å². The molecule has 4 aliphatic rings. The number of epoxide rings is 1. The Morgan fingerprint density at radius 1 is 1.02 bits per heavy atom. The Labute approximate surface area is 256 Å². The number of esters is 1. The van der Waals surface area contributed by atoms with Crippen LogP contribution in [0.15, 0.2) is 48.1 Å². The van der Waals surface area contributed by atoms with Crippen molar-refractivity contribution in [3.8, 4) is 0 Å². The van der Waals surface area contributed by atoms with E-state index in [0.29, 0.717) is 31.1 Å². The van der Waals surface area contributed by atoms with Crippen LogP contribution in [0.3, 0.4) is 0 Å². The maximum Gasteiger partial charge on any atom is 0.330 e. The number of fused-ring (bicyclic) bond motifs is 3. The Hall–Kier alpha value is -1.85. The molecule has 0 amide bonds. The summed E-state index contributed by atoms with van der Waals surface area (Å²) in [6.45, 7) is 12.1. The summed E-state index contributed by atoms with van der Waals surface area (Å²) < 4.78 is 23.8. The molecule has 4 aliphatic heterocycles. The molecular formula is C34H52O9. The fraction of sp³-hybridized carbons (Fsp3) is 0.735. The lowest BCUT2D eigenvalue weighted by Crippen LogP contribution is -2.33. The zero-order valence-corrected chi connectivity index (χ0v) is 26.6. The Kier molecular flexibility index (Phi) is 12.2. The Balaban J connectivity index is 1.42. The number of carbonyl (C=O) groups excluding carboxylic acids is 1. The topological polar surface area (TPSA) is 116 Å². The van der Waals surface area contributed by atoms with Gasteiger partial charge in [-0.1, -0.05) is 49.8 Å². The first-order valence-electron chi connectivity index (χ1n) is 15.9. The van der Waals surface area contributed by atoms with Gasteiger partial charge in [0.1, 0.15) is 18.3 Å². The second-order valence-corrected chi connectivity index (χ2v) is 13.9. The Morgan fingerprint density at radius 3 is 2.56 bits per heavy atom. The van der Waals surface area contributed by atoms with E-state index >= 15 is 0 Å². The van der Waals surface area contributed by atoms with E-state index in [-0.39, 0.29) is 36.9 Å². The SMILES string of the molecule is CC1=CC(OOC(C)(C)C)O[C@H](/C=C/[C@H](O)[C@@H]2C[C@@H]3O[C@H]3[C@@H](O)CC(C)C[C@H](C)CC3CC=C[C@@H](C/C=C\C(=O)O2)O3)C1. The molecule has 9 heteroatoms. The molecule has 0 aliphatic carbocycles. The van der Waals surface area contributed by atoms with Crippen molar-refractivity contribution in [3.05, 3.63) is 48.1 Å². The number of hydrogen-bond acceptors (Lipinski definition) is 9. The van der Waals surface area contributed by atoms with E-state index in [2.05, 4.69) is 19.9 Å². The number of aliphatic hydroxyl groups excluding tert-OH is 2. The molecule has 1 saturated heterocycles. The van der Waals surface area contributed by atoms with Gasteiger partial charge in [-0.05, 0) is 84.1 Å².